The number of carboxylic acid groups (broad SMARTS) is 1. The third-order valence-corrected chi connectivity index (χ3v) is 4.15. The first-order valence-electron chi connectivity index (χ1n) is 8.79. The molecule has 2 N–H and O–H groups in total. The number of nitrogens with one attached hydrogen (secondary N) is 1. The first-order chi connectivity index (χ1) is 11.8. The Morgan fingerprint density at radius 1 is 1.28 bits per heavy atom. The molecule has 0 radical (unpaired) electrons. The molecule has 0 aliphatic carbocycles. The highest BCUT2D eigenvalue weighted by atomic mass is 16.6. The molecule has 0 saturated heterocycles. The van der Waals surface area contributed by atoms with Crippen molar-refractivity contribution in [3.05, 3.63) is 34.9 Å². The van der Waals surface area contributed by atoms with Crippen LogP contribution in [-0.2, 0) is 17.7 Å². The molecule has 0 saturated carbocycles. The van der Waals surface area contributed by atoms with Crippen LogP contribution in [0.25, 0.3) is 0 Å². The molecule has 0 fully saturated rings. The lowest BCUT2D eigenvalue weighted by Gasteiger charge is -2.29. The number of unbranched alkanes of at least 4 members (excludes halogenated alkanes) is 1. The van der Waals surface area contributed by atoms with Gasteiger partial charge in [-0.2, -0.15) is 0 Å². The quantitative estimate of drug-likeness (QED) is 0.773. The van der Waals surface area contributed by atoms with Crippen molar-refractivity contribution in [1.82, 2.24) is 10.2 Å². The lowest BCUT2D eigenvalue weighted by molar-refractivity contribution is 0.0526. The maximum absolute atomic E-state index is 11.6. The summed E-state index contributed by atoms with van der Waals surface area (Å²) in [4.78, 5) is 25.2. The van der Waals surface area contributed by atoms with Crippen LogP contribution in [0, 0.1) is 0 Å². The molecule has 1 aliphatic rings. The normalized spacial score (nSPS) is 14.7. The van der Waals surface area contributed by atoms with Crippen LogP contribution >= 0.6 is 0 Å². The second-order valence-corrected chi connectivity index (χ2v) is 7.41. The van der Waals surface area contributed by atoms with E-state index in [0.717, 1.165) is 43.5 Å². The van der Waals surface area contributed by atoms with Crippen molar-refractivity contribution in [2.75, 3.05) is 19.6 Å². The zero-order chi connectivity index (χ0) is 18.4. The van der Waals surface area contributed by atoms with Crippen LogP contribution in [0.15, 0.2) is 18.2 Å². The van der Waals surface area contributed by atoms with Gasteiger partial charge in [-0.1, -0.05) is 12.1 Å². The molecule has 0 atom stereocenters. The Hall–Kier alpha value is -2.08. The zero-order valence-electron chi connectivity index (χ0n) is 15.3. The number of aromatic carboxylic acids is 1. The first kappa shape index (κ1) is 19.2. The predicted octanol–water partition coefficient (Wildman–Crippen LogP) is 3.05. The van der Waals surface area contributed by atoms with Gasteiger partial charge in [0.15, 0.2) is 0 Å². The van der Waals surface area contributed by atoms with Gasteiger partial charge in [0.1, 0.15) is 5.60 Å². The smallest absolute Gasteiger partial charge is 0.407 e. The molecule has 0 bridgehead atoms. The molecule has 0 unspecified atom stereocenters. The number of alkyl carbamates (subject to hydrolysis) is 1. The fraction of sp³-hybridized carbons (Fsp3) is 0.579. The second-order valence-electron chi connectivity index (χ2n) is 7.41. The fourth-order valence-corrected chi connectivity index (χ4v) is 2.99. The van der Waals surface area contributed by atoms with Gasteiger partial charge in [0, 0.05) is 19.6 Å². The number of ether oxygens (including phenoxy) is 1. The highest BCUT2D eigenvalue weighted by molar-refractivity contribution is 5.89. The molecule has 6 heteroatoms. The molecule has 1 amide bonds. The van der Waals surface area contributed by atoms with Crippen LogP contribution in [0.5, 0.6) is 0 Å². The summed E-state index contributed by atoms with van der Waals surface area (Å²) in [5.74, 6) is -0.861. The van der Waals surface area contributed by atoms with Gasteiger partial charge in [0.2, 0.25) is 0 Å². The van der Waals surface area contributed by atoms with Crippen LogP contribution in [0.3, 0.4) is 0 Å². The second kappa shape index (κ2) is 8.34. The number of fused-ring (bicyclic) bond motifs is 1. The molecule has 2 rings (SSSR count). The third kappa shape index (κ3) is 6.05. The van der Waals surface area contributed by atoms with E-state index in [0.29, 0.717) is 18.7 Å². The van der Waals surface area contributed by atoms with E-state index in [9.17, 15) is 14.7 Å². The summed E-state index contributed by atoms with van der Waals surface area (Å²) < 4.78 is 5.19. The maximum atomic E-state index is 11.6. The molecule has 1 aromatic rings. The largest absolute Gasteiger partial charge is 0.478 e. The number of nitrogens with zero attached hydrogens (tertiary/aromatic N) is 1. The lowest BCUT2D eigenvalue weighted by atomic mass is 9.95. The molecule has 138 valence electrons. The molecule has 6 nitrogen and oxygen atoms in total. The molecule has 0 spiro atoms. The lowest BCUT2D eigenvalue weighted by Crippen LogP contribution is -2.34. The van der Waals surface area contributed by atoms with Gasteiger partial charge in [-0.05, 0) is 63.8 Å². The van der Waals surface area contributed by atoms with Crippen molar-refractivity contribution in [2.24, 2.45) is 0 Å². The van der Waals surface area contributed by atoms with Crippen molar-refractivity contribution in [3.8, 4) is 0 Å². The highest BCUT2D eigenvalue weighted by Gasteiger charge is 2.21. The van der Waals surface area contributed by atoms with Crippen LogP contribution < -0.4 is 5.32 Å². The van der Waals surface area contributed by atoms with Crippen molar-refractivity contribution >= 4 is 12.1 Å². The minimum Gasteiger partial charge on any atom is -0.478 e. The van der Waals surface area contributed by atoms with E-state index >= 15 is 0 Å². The number of carbonyl (C=O) groups is 2. The Morgan fingerprint density at radius 3 is 2.72 bits per heavy atom. The Balaban J connectivity index is 1.73. The number of amides is 1. The number of carboxylic acids is 1. The van der Waals surface area contributed by atoms with Crippen LogP contribution in [-0.4, -0.2) is 47.3 Å². The average Bonchev–Trinajstić information content (AvgIpc) is 2.52. The Morgan fingerprint density at radius 2 is 2.04 bits per heavy atom. The Kier molecular flexibility index (Phi) is 6.42. The topological polar surface area (TPSA) is 78.9 Å². The van der Waals surface area contributed by atoms with E-state index in [1.807, 2.05) is 32.9 Å². The molecular formula is C19H28N2O4. The van der Waals surface area contributed by atoms with Crippen molar-refractivity contribution in [3.63, 3.8) is 0 Å². The van der Waals surface area contributed by atoms with Gasteiger partial charge >= 0.3 is 12.1 Å². The van der Waals surface area contributed by atoms with E-state index in [4.69, 9.17) is 4.74 Å². The number of hydrogen-bond acceptors (Lipinski definition) is 4. The predicted molar refractivity (Wildman–Crippen MR) is 95.9 cm³/mol. The van der Waals surface area contributed by atoms with Crippen molar-refractivity contribution in [1.29, 1.82) is 0 Å². The first-order valence-corrected chi connectivity index (χ1v) is 8.79. The van der Waals surface area contributed by atoms with Gasteiger partial charge in [-0.3, -0.25) is 4.90 Å². The number of rotatable bonds is 6. The number of hydrogen-bond donors (Lipinski definition) is 2. The summed E-state index contributed by atoms with van der Waals surface area (Å²) >= 11 is 0. The molecular weight excluding hydrogens is 320 g/mol. The molecule has 25 heavy (non-hydrogen) atoms. The van der Waals surface area contributed by atoms with Crippen LogP contribution in [0.2, 0.25) is 0 Å². The van der Waals surface area contributed by atoms with E-state index in [2.05, 4.69) is 10.2 Å². The van der Waals surface area contributed by atoms with E-state index in [1.165, 1.54) is 0 Å². The standard InChI is InChI=1S/C19H28N2O4/c1-19(2,3)25-18(24)20-10-4-5-11-21-12-9-14-7-6-8-15(17(22)23)16(14)13-21/h6-8H,4-5,9-13H2,1-3H3,(H,20,24)(H,22,23). The Bertz CT molecular complexity index is 622. The molecule has 1 aromatic carbocycles. The van der Waals surface area contributed by atoms with Crippen LogP contribution in [0.1, 0.15) is 55.1 Å². The summed E-state index contributed by atoms with van der Waals surface area (Å²) in [7, 11) is 0. The summed E-state index contributed by atoms with van der Waals surface area (Å²) in [6.45, 7) is 8.61. The van der Waals surface area contributed by atoms with Gasteiger partial charge in [-0.25, -0.2) is 9.59 Å². The number of carbonyl (C=O) groups excluding carboxylic acids is 1. The van der Waals surface area contributed by atoms with E-state index in [-0.39, 0.29) is 6.09 Å². The Labute approximate surface area is 149 Å². The summed E-state index contributed by atoms with van der Waals surface area (Å²) in [5.41, 5.74) is 2.01. The van der Waals surface area contributed by atoms with Gasteiger partial charge in [0.25, 0.3) is 0 Å². The maximum Gasteiger partial charge on any atom is 0.407 e. The third-order valence-electron chi connectivity index (χ3n) is 4.15. The van der Waals surface area contributed by atoms with E-state index in [1.54, 1.807) is 6.07 Å². The average molecular weight is 348 g/mol. The monoisotopic (exact) mass is 348 g/mol. The summed E-state index contributed by atoms with van der Waals surface area (Å²) in [5, 5.41) is 12.1. The van der Waals surface area contributed by atoms with Gasteiger partial charge < -0.3 is 15.2 Å². The zero-order valence-corrected chi connectivity index (χ0v) is 15.3. The van der Waals surface area contributed by atoms with E-state index < -0.39 is 11.6 Å². The van der Waals surface area contributed by atoms with Crippen molar-refractivity contribution in [2.45, 2.75) is 52.2 Å². The molecule has 1 heterocycles. The fourth-order valence-electron chi connectivity index (χ4n) is 2.99. The minimum absolute atomic E-state index is 0.384. The van der Waals surface area contributed by atoms with Crippen molar-refractivity contribution < 1.29 is 19.4 Å². The SMILES string of the molecule is CC(C)(C)OC(=O)NCCCCN1CCc2cccc(C(=O)O)c2C1. The number of benzene rings is 1. The van der Waals surface area contributed by atoms with Crippen LogP contribution in [0.4, 0.5) is 4.79 Å². The molecule has 0 aromatic heterocycles. The summed E-state index contributed by atoms with van der Waals surface area (Å²) in [6, 6.07) is 5.51. The van der Waals surface area contributed by atoms with Gasteiger partial charge in [0.05, 0.1) is 5.56 Å². The summed E-state index contributed by atoms with van der Waals surface area (Å²) in [6.07, 6.45) is 2.31. The minimum atomic E-state index is -0.861. The highest BCUT2D eigenvalue weighted by Crippen LogP contribution is 2.23. The molecule has 1 aliphatic heterocycles. The van der Waals surface area contributed by atoms with Gasteiger partial charge in [-0.15, -0.1) is 0 Å².